The molecule has 33 heavy (non-hydrogen) atoms. The summed E-state index contributed by atoms with van der Waals surface area (Å²) >= 11 is 1.47. The summed E-state index contributed by atoms with van der Waals surface area (Å²) in [6, 6.07) is 6.44. The van der Waals surface area contributed by atoms with E-state index in [-0.39, 0.29) is 11.7 Å². The molecule has 3 aromatic rings. The summed E-state index contributed by atoms with van der Waals surface area (Å²) in [5, 5.41) is 13.6. The number of rotatable bonds is 7. The Balaban J connectivity index is 1.52. The van der Waals surface area contributed by atoms with E-state index in [1.807, 2.05) is 37.5 Å². The van der Waals surface area contributed by atoms with Crippen molar-refractivity contribution >= 4 is 23.5 Å². The van der Waals surface area contributed by atoms with Gasteiger partial charge in [0.15, 0.2) is 5.16 Å². The number of anilines is 1. The molecule has 0 bridgehead atoms. The molecule has 1 fully saturated rings. The van der Waals surface area contributed by atoms with Gasteiger partial charge in [0.2, 0.25) is 5.91 Å². The molecule has 0 saturated heterocycles. The van der Waals surface area contributed by atoms with Gasteiger partial charge in [0.1, 0.15) is 17.6 Å². The summed E-state index contributed by atoms with van der Waals surface area (Å²) in [6.45, 7) is 8.46. The molecule has 3 aromatic heterocycles. The van der Waals surface area contributed by atoms with E-state index in [1.54, 1.807) is 6.26 Å². The number of aryl methyl sites for hydroxylation is 1. The third-order valence-corrected chi connectivity index (χ3v) is 7.67. The van der Waals surface area contributed by atoms with Crippen molar-refractivity contribution in [3.63, 3.8) is 0 Å². The van der Waals surface area contributed by atoms with Crippen molar-refractivity contribution in [3.05, 3.63) is 52.4 Å². The van der Waals surface area contributed by atoms with Gasteiger partial charge in [0.25, 0.3) is 0 Å². The zero-order valence-corrected chi connectivity index (χ0v) is 20.6. The number of carbonyl (C=O) groups is 1. The third-order valence-electron chi connectivity index (χ3n) is 6.72. The van der Waals surface area contributed by atoms with Crippen LogP contribution in [0.4, 0.5) is 5.82 Å². The number of furan rings is 1. The second kappa shape index (κ2) is 9.92. The topological polar surface area (TPSA) is 88.8 Å². The lowest BCUT2D eigenvalue weighted by atomic mass is 9.95. The van der Waals surface area contributed by atoms with Gasteiger partial charge in [-0.05, 0) is 58.2 Å². The molecule has 0 atom stereocenters. The Kier molecular flexibility index (Phi) is 6.99. The van der Waals surface area contributed by atoms with E-state index in [1.165, 1.54) is 49.6 Å². The van der Waals surface area contributed by atoms with Crippen LogP contribution in [0, 0.1) is 39.0 Å². The lowest BCUT2D eigenvalue weighted by Gasteiger charge is -2.26. The predicted octanol–water partition coefficient (Wildman–Crippen LogP) is 5.67. The van der Waals surface area contributed by atoms with E-state index in [0.717, 1.165) is 27.9 Å². The quantitative estimate of drug-likeness (QED) is 0.454. The van der Waals surface area contributed by atoms with Crippen LogP contribution in [0.5, 0.6) is 0 Å². The van der Waals surface area contributed by atoms with Crippen LogP contribution in [0.3, 0.4) is 0 Å². The van der Waals surface area contributed by atoms with Gasteiger partial charge in [0.05, 0.1) is 29.8 Å². The lowest BCUT2D eigenvalue weighted by Crippen LogP contribution is -2.19. The Labute approximate surface area is 199 Å². The number of amides is 1. The number of nitriles is 1. The summed E-state index contributed by atoms with van der Waals surface area (Å²) in [7, 11) is 0. The molecule has 0 aliphatic heterocycles. The van der Waals surface area contributed by atoms with Gasteiger partial charge in [-0.15, -0.1) is 0 Å². The average Bonchev–Trinajstić information content (AvgIpc) is 3.48. The first-order valence-electron chi connectivity index (χ1n) is 11.5. The standard InChI is InChI=1S/C25H31N5O2S/c1-16-18(3)29(14-21-11-8-12-32-21)24(22(16)13-26)28-23(31)15-33-25-27-17(2)19(4)30(25)20-9-6-5-7-10-20/h8,11-12,20H,5-7,9-10,14-15H2,1-4H3,(H,28,31). The van der Waals surface area contributed by atoms with Gasteiger partial charge in [-0.25, -0.2) is 4.98 Å². The maximum absolute atomic E-state index is 13.0. The largest absolute Gasteiger partial charge is 0.467 e. The Morgan fingerprint density at radius 3 is 2.67 bits per heavy atom. The van der Waals surface area contributed by atoms with Crippen LogP contribution in [-0.2, 0) is 11.3 Å². The van der Waals surface area contributed by atoms with Crippen LogP contribution in [0.2, 0.25) is 0 Å². The molecule has 1 saturated carbocycles. The molecule has 4 rings (SSSR count). The maximum Gasteiger partial charge on any atom is 0.235 e. The first-order valence-corrected chi connectivity index (χ1v) is 12.5. The summed E-state index contributed by atoms with van der Waals surface area (Å²) in [4.78, 5) is 17.8. The van der Waals surface area contributed by atoms with Crippen LogP contribution >= 0.6 is 11.8 Å². The Morgan fingerprint density at radius 2 is 2.00 bits per heavy atom. The number of carbonyl (C=O) groups excluding carboxylic acids is 1. The highest BCUT2D eigenvalue weighted by atomic mass is 32.2. The molecule has 0 radical (unpaired) electrons. The minimum absolute atomic E-state index is 0.150. The summed E-state index contributed by atoms with van der Waals surface area (Å²) in [5.74, 6) is 1.38. The highest BCUT2D eigenvalue weighted by molar-refractivity contribution is 7.99. The smallest absolute Gasteiger partial charge is 0.235 e. The average molecular weight is 466 g/mol. The molecule has 0 spiro atoms. The van der Waals surface area contributed by atoms with E-state index < -0.39 is 0 Å². The molecule has 3 heterocycles. The fraction of sp³-hybridized carbons (Fsp3) is 0.480. The summed E-state index contributed by atoms with van der Waals surface area (Å²) < 4.78 is 9.76. The van der Waals surface area contributed by atoms with Crippen molar-refractivity contribution in [1.82, 2.24) is 14.1 Å². The number of hydrogen-bond donors (Lipinski definition) is 1. The van der Waals surface area contributed by atoms with Gasteiger partial charge >= 0.3 is 0 Å². The van der Waals surface area contributed by atoms with E-state index in [0.29, 0.717) is 24.0 Å². The molecular formula is C25H31N5O2S. The zero-order chi connectivity index (χ0) is 23.5. The molecule has 7 nitrogen and oxygen atoms in total. The monoisotopic (exact) mass is 465 g/mol. The number of imidazole rings is 1. The van der Waals surface area contributed by atoms with E-state index in [4.69, 9.17) is 9.40 Å². The molecule has 1 aliphatic rings. The van der Waals surface area contributed by atoms with Crippen molar-refractivity contribution in [1.29, 1.82) is 5.26 Å². The number of nitrogens with one attached hydrogen (secondary N) is 1. The number of nitrogens with zero attached hydrogens (tertiary/aromatic N) is 4. The van der Waals surface area contributed by atoms with Crippen molar-refractivity contribution in [2.24, 2.45) is 0 Å². The van der Waals surface area contributed by atoms with E-state index in [2.05, 4.69) is 22.9 Å². The Bertz CT molecular complexity index is 1180. The van der Waals surface area contributed by atoms with Gasteiger partial charge in [-0.2, -0.15) is 5.26 Å². The molecule has 174 valence electrons. The van der Waals surface area contributed by atoms with E-state index in [9.17, 15) is 10.1 Å². The summed E-state index contributed by atoms with van der Waals surface area (Å²) in [5.41, 5.74) is 4.51. The summed E-state index contributed by atoms with van der Waals surface area (Å²) in [6.07, 6.45) is 7.75. The Morgan fingerprint density at radius 1 is 1.24 bits per heavy atom. The lowest BCUT2D eigenvalue weighted by molar-refractivity contribution is -0.113. The predicted molar refractivity (Wildman–Crippen MR) is 130 cm³/mol. The minimum Gasteiger partial charge on any atom is -0.467 e. The normalized spacial score (nSPS) is 14.4. The SMILES string of the molecule is Cc1nc(SCC(=O)Nc2c(C#N)c(C)c(C)n2Cc2ccco2)n(C2CCCCC2)c1C. The molecule has 1 aliphatic carbocycles. The fourth-order valence-corrected chi connectivity index (χ4v) is 5.61. The first kappa shape index (κ1) is 23.2. The van der Waals surface area contributed by atoms with Crippen LogP contribution in [-0.4, -0.2) is 25.8 Å². The van der Waals surface area contributed by atoms with Crippen LogP contribution < -0.4 is 5.32 Å². The van der Waals surface area contributed by atoms with Crippen molar-refractivity contribution in [2.45, 2.75) is 77.5 Å². The van der Waals surface area contributed by atoms with Gasteiger partial charge in [0, 0.05) is 17.4 Å². The fourth-order valence-electron chi connectivity index (χ4n) is 4.65. The first-order chi connectivity index (χ1) is 15.9. The number of aromatic nitrogens is 3. The third kappa shape index (κ3) is 4.74. The van der Waals surface area contributed by atoms with Crippen LogP contribution in [0.1, 0.15) is 72.1 Å². The molecule has 1 N–H and O–H groups in total. The van der Waals surface area contributed by atoms with Gasteiger partial charge in [-0.3, -0.25) is 4.79 Å². The van der Waals surface area contributed by atoms with Crippen molar-refractivity contribution in [3.8, 4) is 6.07 Å². The highest BCUT2D eigenvalue weighted by Gasteiger charge is 2.24. The molecule has 8 heteroatoms. The highest BCUT2D eigenvalue weighted by Crippen LogP contribution is 2.34. The molecule has 0 aromatic carbocycles. The number of thioether (sulfide) groups is 1. The maximum atomic E-state index is 13.0. The van der Waals surface area contributed by atoms with E-state index >= 15 is 0 Å². The van der Waals surface area contributed by atoms with Crippen LogP contribution in [0.15, 0.2) is 28.0 Å². The van der Waals surface area contributed by atoms with Crippen LogP contribution in [0.25, 0.3) is 0 Å². The van der Waals surface area contributed by atoms with Gasteiger partial charge < -0.3 is 18.9 Å². The van der Waals surface area contributed by atoms with Crippen molar-refractivity contribution < 1.29 is 9.21 Å². The van der Waals surface area contributed by atoms with Gasteiger partial charge in [-0.1, -0.05) is 31.0 Å². The minimum atomic E-state index is -0.150. The van der Waals surface area contributed by atoms with Crippen molar-refractivity contribution in [2.75, 3.05) is 11.1 Å². The number of hydrogen-bond acceptors (Lipinski definition) is 5. The Hall–Kier alpha value is -2.92. The molecule has 1 amide bonds. The second-order valence-electron chi connectivity index (χ2n) is 8.78. The second-order valence-corrected chi connectivity index (χ2v) is 9.72. The molecule has 0 unspecified atom stereocenters. The molecular weight excluding hydrogens is 434 g/mol. The zero-order valence-electron chi connectivity index (χ0n) is 19.8.